The topological polar surface area (TPSA) is 111 Å². The Kier molecular flexibility index (Phi) is 9.88. The molecule has 246 valence electrons. The molecule has 0 saturated carbocycles. The zero-order valence-electron chi connectivity index (χ0n) is 26.8. The molecule has 10 nitrogen and oxygen atoms in total. The molecular formula is C35H33FN6O4S2. The van der Waals surface area contributed by atoms with Gasteiger partial charge in [-0.05, 0) is 66.8 Å². The molecule has 1 aliphatic rings. The van der Waals surface area contributed by atoms with Crippen LogP contribution in [0.1, 0.15) is 50.2 Å². The van der Waals surface area contributed by atoms with E-state index < -0.39 is 17.8 Å². The van der Waals surface area contributed by atoms with Gasteiger partial charge in [-0.25, -0.2) is 9.40 Å². The second-order valence-corrected chi connectivity index (χ2v) is 13.0. The highest BCUT2D eigenvalue weighted by Gasteiger charge is 2.36. The molecule has 1 unspecified atom stereocenters. The highest BCUT2D eigenvalue weighted by Crippen LogP contribution is 2.42. The predicted octanol–water partition coefficient (Wildman–Crippen LogP) is 6.50. The van der Waals surface area contributed by atoms with Crippen molar-refractivity contribution in [3.05, 3.63) is 117 Å². The summed E-state index contributed by atoms with van der Waals surface area (Å²) in [5, 5.41) is 20.4. The van der Waals surface area contributed by atoms with E-state index in [9.17, 15) is 14.0 Å². The van der Waals surface area contributed by atoms with Crippen molar-refractivity contribution in [2.45, 2.75) is 38.0 Å². The van der Waals surface area contributed by atoms with E-state index in [2.05, 4.69) is 15.5 Å². The van der Waals surface area contributed by atoms with E-state index in [1.807, 2.05) is 72.3 Å². The minimum atomic E-state index is -0.499. The third-order valence-corrected chi connectivity index (χ3v) is 9.72. The van der Waals surface area contributed by atoms with Gasteiger partial charge in [0.05, 0.1) is 48.8 Å². The largest absolute Gasteiger partial charge is 0.493 e. The molecule has 6 rings (SSSR count). The normalized spacial score (nSPS) is 14.1. The molecule has 5 aromatic rings. The molecule has 0 spiro atoms. The number of aromatic nitrogens is 3. The predicted molar refractivity (Wildman–Crippen MR) is 184 cm³/mol. The summed E-state index contributed by atoms with van der Waals surface area (Å²) in [4.78, 5) is 27.9. The van der Waals surface area contributed by atoms with E-state index in [4.69, 9.17) is 14.6 Å². The van der Waals surface area contributed by atoms with Crippen molar-refractivity contribution in [2.24, 2.45) is 5.10 Å². The lowest BCUT2D eigenvalue weighted by atomic mass is 9.99. The fourth-order valence-electron chi connectivity index (χ4n) is 5.54. The van der Waals surface area contributed by atoms with E-state index >= 15 is 0 Å². The summed E-state index contributed by atoms with van der Waals surface area (Å²) >= 11 is 2.80. The number of nitrogens with zero attached hydrogens (tertiary/aromatic N) is 5. The van der Waals surface area contributed by atoms with Gasteiger partial charge in [0.15, 0.2) is 22.5 Å². The van der Waals surface area contributed by atoms with E-state index in [1.165, 1.54) is 35.0 Å². The minimum absolute atomic E-state index is 0.0165. The number of hydrazone groups is 1. The molecule has 1 N–H and O–H groups in total. The van der Waals surface area contributed by atoms with Crippen LogP contribution in [0.5, 0.6) is 11.5 Å². The smallest absolute Gasteiger partial charge is 0.253 e. The Morgan fingerprint density at radius 1 is 1.02 bits per heavy atom. The number of para-hydroxylation sites is 1. The van der Waals surface area contributed by atoms with E-state index in [-0.39, 0.29) is 23.8 Å². The fourth-order valence-corrected chi connectivity index (χ4v) is 7.08. The van der Waals surface area contributed by atoms with Crippen LogP contribution in [0.2, 0.25) is 0 Å². The number of nitrogens with one attached hydrogen (secondary N) is 1. The summed E-state index contributed by atoms with van der Waals surface area (Å²) < 4.78 is 26.9. The third-order valence-electron chi connectivity index (χ3n) is 7.89. The first kappa shape index (κ1) is 32.9. The minimum Gasteiger partial charge on any atom is -0.493 e. The Bertz CT molecular complexity index is 1990. The SMILES string of the molecule is COc1cccc(C2CC(c3cccs3)=NN2C(=O)CSc2nnc(CNC(=O)c3cccc(F)c3)n2-c2cc(C)ccc2C)c1OC. The molecule has 0 saturated heterocycles. The molecule has 13 heteroatoms. The Labute approximate surface area is 285 Å². The first-order valence-electron chi connectivity index (χ1n) is 15.1. The number of aryl methyl sites for hydroxylation is 2. The quantitative estimate of drug-likeness (QED) is 0.158. The Hall–Kier alpha value is -5.01. The second-order valence-electron chi connectivity index (χ2n) is 11.1. The first-order chi connectivity index (χ1) is 23.3. The summed E-state index contributed by atoms with van der Waals surface area (Å²) in [6, 6.07) is 20.7. The lowest BCUT2D eigenvalue weighted by Crippen LogP contribution is -2.29. The van der Waals surface area contributed by atoms with E-state index in [0.29, 0.717) is 28.9 Å². The molecule has 48 heavy (non-hydrogen) atoms. The first-order valence-corrected chi connectivity index (χ1v) is 17.0. The summed E-state index contributed by atoms with van der Waals surface area (Å²) in [6.45, 7) is 3.99. The number of hydrogen-bond acceptors (Lipinski definition) is 9. The Morgan fingerprint density at radius 2 is 1.85 bits per heavy atom. The van der Waals surface area contributed by atoms with Gasteiger partial charge in [0.1, 0.15) is 5.82 Å². The highest BCUT2D eigenvalue weighted by atomic mass is 32.2. The number of carbonyl (C=O) groups is 2. The van der Waals surface area contributed by atoms with Crippen molar-refractivity contribution in [1.29, 1.82) is 0 Å². The van der Waals surface area contributed by atoms with Gasteiger partial charge in [-0.2, -0.15) is 5.10 Å². The van der Waals surface area contributed by atoms with Crippen LogP contribution in [-0.2, 0) is 11.3 Å². The van der Waals surface area contributed by atoms with Gasteiger partial charge >= 0.3 is 0 Å². The Morgan fingerprint density at radius 3 is 2.60 bits per heavy atom. The molecule has 0 aliphatic carbocycles. The molecule has 0 radical (unpaired) electrons. The van der Waals surface area contributed by atoms with Crippen LogP contribution >= 0.6 is 23.1 Å². The van der Waals surface area contributed by atoms with Gasteiger partial charge in [-0.1, -0.05) is 48.2 Å². The second kappa shape index (κ2) is 14.4. The van der Waals surface area contributed by atoms with Crippen molar-refractivity contribution < 1.29 is 23.5 Å². The van der Waals surface area contributed by atoms with Gasteiger partial charge in [0.2, 0.25) is 0 Å². The number of thioether (sulfide) groups is 1. The van der Waals surface area contributed by atoms with Crippen molar-refractivity contribution in [3.63, 3.8) is 0 Å². The van der Waals surface area contributed by atoms with Gasteiger partial charge in [-0.15, -0.1) is 21.5 Å². The maximum absolute atomic E-state index is 14.0. The number of halogens is 1. The zero-order chi connectivity index (χ0) is 33.8. The van der Waals surface area contributed by atoms with E-state index in [1.54, 1.807) is 31.6 Å². The molecule has 3 aromatic carbocycles. The van der Waals surface area contributed by atoms with Gasteiger partial charge in [0.25, 0.3) is 11.8 Å². The van der Waals surface area contributed by atoms with Gasteiger partial charge < -0.3 is 14.8 Å². The molecule has 1 atom stereocenters. The highest BCUT2D eigenvalue weighted by molar-refractivity contribution is 7.99. The van der Waals surface area contributed by atoms with Crippen LogP contribution in [0, 0.1) is 19.7 Å². The summed E-state index contributed by atoms with van der Waals surface area (Å²) in [7, 11) is 3.16. The molecule has 1 aliphatic heterocycles. The standard InChI is InChI=1S/C35H33FN6O4S2/c1-21-13-14-22(2)27(16-21)41-31(19-37-34(44)23-8-5-9-24(36)17-23)38-39-35(41)48-20-32(43)42-28(18-26(40-42)30-12-7-15-47-30)25-10-6-11-29(45-3)33(25)46-4/h5-17,28H,18-20H2,1-4H3,(H,37,44). The van der Waals surface area contributed by atoms with Crippen molar-refractivity contribution in [3.8, 4) is 17.2 Å². The van der Waals surface area contributed by atoms with Crippen LogP contribution in [-0.4, -0.2) is 57.3 Å². The fraction of sp³-hybridized carbons (Fsp3) is 0.229. The lowest BCUT2D eigenvalue weighted by Gasteiger charge is -2.24. The molecule has 3 heterocycles. The van der Waals surface area contributed by atoms with Crippen LogP contribution in [0.25, 0.3) is 5.69 Å². The maximum Gasteiger partial charge on any atom is 0.253 e. The maximum atomic E-state index is 14.0. The number of amides is 2. The number of methoxy groups -OCH3 is 2. The molecule has 0 bridgehead atoms. The average molecular weight is 685 g/mol. The van der Waals surface area contributed by atoms with Crippen LogP contribution in [0.15, 0.2) is 88.4 Å². The third kappa shape index (κ3) is 6.83. The van der Waals surface area contributed by atoms with Crippen LogP contribution < -0.4 is 14.8 Å². The number of rotatable bonds is 11. The zero-order valence-corrected chi connectivity index (χ0v) is 28.4. The molecule has 0 fully saturated rings. The Balaban J connectivity index is 1.29. The summed E-state index contributed by atoms with van der Waals surface area (Å²) in [6.07, 6.45) is 0.508. The number of thiophene rings is 1. The van der Waals surface area contributed by atoms with Crippen molar-refractivity contribution in [2.75, 3.05) is 20.0 Å². The number of carbonyl (C=O) groups excluding carboxylic acids is 2. The van der Waals surface area contributed by atoms with Crippen LogP contribution in [0.4, 0.5) is 4.39 Å². The van der Waals surface area contributed by atoms with Crippen molar-refractivity contribution >= 4 is 40.6 Å². The lowest BCUT2D eigenvalue weighted by molar-refractivity contribution is -0.130. The molecule has 2 amide bonds. The molecular weight excluding hydrogens is 652 g/mol. The van der Waals surface area contributed by atoms with Gasteiger partial charge in [-0.3, -0.25) is 14.2 Å². The molecule has 2 aromatic heterocycles. The number of benzene rings is 3. The summed E-state index contributed by atoms with van der Waals surface area (Å²) in [5.74, 6) is 0.434. The van der Waals surface area contributed by atoms with Crippen molar-refractivity contribution in [1.82, 2.24) is 25.1 Å². The monoisotopic (exact) mass is 684 g/mol. The summed E-state index contributed by atoms with van der Waals surface area (Å²) in [5.41, 5.74) is 4.61. The van der Waals surface area contributed by atoms with E-state index in [0.717, 1.165) is 33.0 Å². The number of hydrogen-bond donors (Lipinski definition) is 1. The van der Waals surface area contributed by atoms with Crippen LogP contribution in [0.3, 0.4) is 0 Å². The number of ether oxygens (including phenoxy) is 2. The average Bonchev–Trinajstić information content (AvgIpc) is 3.87. The van der Waals surface area contributed by atoms with Gasteiger partial charge in [0, 0.05) is 17.5 Å².